The Morgan fingerprint density at radius 2 is 2.21 bits per heavy atom. The zero-order valence-electron chi connectivity index (χ0n) is 11.3. The van der Waals surface area contributed by atoms with Crippen molar-refractivity contribution in [1.82, 2.24) is 14.9 Å². The summed E-state index contributed by atoms with van der Waals surface area (Å²) in [6.07, 6.45) is 5.64. The van der Waals surface area contributed by atoms with Gasteiger partial charge in [-0.3, -0.25) is 4.90 Å². The summed E-state index contributed by atoms with van der Waals surface area (Å²) in [5.41, 5.74) is 6.17. The van der Waals surface area contributed by atoms with E-state index in [1.165, 1.54) is 32.4 Å². The predicted octanol–water partition coefficient (Wildman–Crippen LogP) is 1.40. The second-order valence-corrected chi connectivity index (χ2v) is 5.40. The normalized spacial score (nSPS) is 17.9. The summed E-state index contributed by atoms with van der Waals surface area (Å²) in [4.78, 5) is 11.3. The summed E-state index contributed by atoms with van der Waals surface area (Å²) < 4.78 is 0. The highest BCUT2D eigenvalue weighted by Gasteiger charge is 2.16. The Balaban J connectivity index is 1.87. The van der Waals surface area contributed by atoms with Crippen LogP contribution in [0.3, 0.4) is 0 Å². The van der Waals surface area contributed by atoms with Crippen molar-refractivity contribution in [3.63, 3.8) is 0 Å². The van der Waals surface area contributed by atoms with Crippen LogP contribution < -0.4 is 11.1 Å². The molecule has 0 bridgehead atoms. The Hall–Kier alpha value is -1.27. The third-order valence-electron chi connectivity index (χ3n) is 3.48. The van der Waals surface area contributed by atoms with Gasteiger partial charge in [-0.2, -0.15) is 0 Å². The lowest BCUT2D eigenvalue weighted by atomic mass is 10.1. The zero-order chi connectivity index (χ0) is 13.7. The van der Waals surface area contributed by atoms with Gasteiger partial charge in [0.1, 0.15) is 10.7 Å². The number of nitrogens with one attached hydrogen (secondary N) is 1. The average Bonchev–Trinajstić information content (AvgIpc) is 2.46. The molecule has 1 atom stereocenters. The molecular weight excluding hydrogens is 258 g/mol. The molecule has 1 aliphatic heterocycles. The highest BCUT2D eigenvalue weighted by atomic mass is 32.1. The van der Waals surface area contributed by atoms with E-state index in [4.69, 9.17) is 18.0 Å². The van der Waals surface area contributed by atoms with Gasteiger partial charge in [0.25, 0.3) is 0 Å². The summed E-state index contributed by atoms with van der Waals surface area (Å²) in [5, 5.41) is 3.26. The molecule has 0 spiro atoms. The number of rotatable bonds is 5. The predicted molar refractivity (Wildman–Crippen MR) is 81.3 cm³/mol. The maximum absolute atomic E-state index is 5.56. The molecule has 0 aliphatic carbocycles. The Morgan fingerprint density at radius 1 is 1.47 bits per heavy atom. The topological polar surface area (TPSA) is 67.1 Å². The van der Waals surface area contributed by atoms with Crippen molar-refractivity contribution in [3.8, 4) is 0 Å². The molecule has 0 radical (unpaired) electrons. The molecule has 3 N–H and O–H groups in total. The lowest BCUT2D eigenvalue weighted by molar-refractivity contribution is 0.180. The molecule has 0 aromatic carbocycles. The number of anilines is 1. The molecule has 1 aromatic rings. The van der Waals surface area contributed by atoms with Crippen molar-refractivity contribution in [1.29, 1.82) is 0 Å². The molecule has 2 heterocycles. The van der Waals surface area contributed by atoms with Crippen LogP contribution in [0.4, 0.5) is 5.95 Å². The molecule has 6 heteroatoms. The van der Waals surface area contributed by atoms with Gasteiger partial charge in [0, 0.05) is 18.8 Å². The SMILES string of the molecule is CC(CNc1nccc(C(N)=S)n1)N1CCCCC1. The fraction of sp³-hybridized carbons (Fsp3) is 0.615. The van der Waals surface area contributed by atoms with Crippen molar-refractivity contribution in [3.05, 3.63) is 18.0 Å². The third kappa shape index (κ3) is 4.11. The maximum atomic E-state index is 5.56. The van der Waals surface area contributed by atoms with Crippen LogP contribution in [0.1, 0.15) is 31.9 Å². The minimum atomic E-state index is 0.300. The van der Waals surface area contributed by atoms with E-state index >= 15 is 0 Å². The summed E-state index contributed by atoms with van der Waals surface area (Å²) in [6, 6.07) is 2.21. The van der Waals surface area contributed by atoms with Crippen LogP contribution in [0.5, 0.6) is 0 Å². The number of likely N-dealkylation sites (tertiary alicyclic amines) is 1. The van der Waals surface area contributed by atoms with Gasteiger partial charge in [-0.05, 0) is 38.9 Å². The Kier molecular flexibility index (Phi) is 5.04. The van der Waals surface area contributed by atoms with Crippen LogP contribution in [-0.4, -0.2) is 45.5 Å². The van der Waals surface area contributed by atoms with E-state index in [9.17, 15) is 0 Å². The summed E-state index contributed by atoms with van der Waals surface area (Å²) in [7, 11) is 0. The average molecular weight is 279 g/mol. The molecule has 1 aliphatic rings. The second kappa shape index (κ2) is 6.77. The smallest absolute Gasteiger partial charge is 0.223 e. The number of thiocarbonyl (C=S) groups is 1. The van der Waals surface area contributed by atoms with Crippen LogP contribution in [0, 0.1) is 0 Å². The van der Waals surface area contributed by atoms with Gasteiger partial charge in [-0.15, -0.1) is 0 Å². The van der Waals surface area contributed by atoms with Gasteiger partial charge in [0.2, 0.25) is 5.95 Å². The Bertz CT molecular complexity index is 431. The largest absolute Gasteiger partial charge is 0.388 e. The van der Waals surface area contributed by atoms with Gasteiger partial charge in [0.05, 0.1) is 0 Å². The fourth-order valence-electron chi connectivity index (χ4n) is 2.31. The van der Waals surface area contributed by atoms with Crippen LogP contribution >= 0.6 is 12.2 Å². The summed E-state index contributed by atoms with van der Waals surface area (Å²) in [5.74, 6) is 0.592. The van der Waals surface area contributed by atoms with Gasteiger partial charge < -0.3 is 11.1 Å². The Labute approximate surface area is 119 Å². The first-order chi connectivity index (χ1) is 9.16. The van der Waals surface area contributed by atoms with Crippen molar-refractivity contribution >= 4 is 23.2 Å². The molecule has 0 saturated carbocycles. The number of nitrogens with zero attached hydrogens (tertiary/aromatic N) is 3. The van der Waals surface area contributed by atoms with Crippen molar-refractivity contribution < 1.29 is 0 Å². The van der Waals surface area contributed by atoms with E-state index in [1.807, 2.05) is 0 Å². The third-order valence-corrected chi connectivity index (χ3v) is 3.69. The van der Waals surface area contributed by atoms with Crippen LogP contribution in [0.2, 0.25) is 0 Å². The van der Waals surface area contributed by atoms with Crippen molar-refractivity contribution in [2.24, 2.45) is 5.73 Å². The maximum Gasteiger partial charge on any atom is 0.223 e. The molecule has 104 valence electrons. The zero-order valence-corrected chi connectivity index (χ0v) is 12.1. The highest BCUT2D eigenvalue weighted by Crippen LogP contribution is 2.12. The van der Waals surface area contributed by atoms with E-state index in [0.717, 1.165) is 6.54 Å². The number of hydrogen-bond acceptors (Lipinski definition) is 5. The van der Waals surface area contributed by atoms with Gasteiger partial charge >= 0.3 is 0 Å². The van der Waals surface area contributed by atoms with Gasteiger partial charge in [-0.1, -0.05) is 18.6 Å². The van der Waals surface area contributed by atoms with Crippen LogP contribution in [-0.2, 0) is 0 Å². The standard InChI is InChI=1S/C13H21N5S/c1-10(18-7-3-2-4-8-18)9-16-13-15-6-5-11(17-13)12(14)19/h5-6,10H,2-4,7-9H2,1H3,(H2,14,19)(H,15,16,17). The Morgan fingerprint density at radius 3 is 2.89 bits per heavy atom. The van der Waals surface area contributed by atoms with Crippen LogP contribution in [0.15, 0.2) is 12.3 Å². The number of nitrogens with two attached hydrogens (primary N) is 1. The lowest BCUT2D eigenvalue weighted by Crippen LogP contribution is -2.41. The quantitative estimate of drug-likeness (QED) is 0.794. The molecule has 2 rings (SSSR count). The highest BCUT2D eigenvalue weighted by molar-refractivity contribution is 7.80. The molecular formula is C13H21N5S. The molecule has 19 heavy (non-hydrogen) atoms. The lowest BCUT2D eigenvalue weighted by Gasteiger charge is -2.32. The minimum Gasteiger partial charge on any atom is -0.388 e. The molecule has 1 fully saturated rings. The van der Waals surface area contributed by atoms with E-state index in [-0.39, 0.29) is 0 Å². The van der Waals surface area contributed by atoms with Crippen molar-refractivity contribution in [2.45, 2.75) is 32.2 Å². The van der Waals surface area contributed by atoms with Gasteiger partial charge in [-0.25, -0.2) is 9.97 Å². The number of aromatic nitrogens is 2. The summed E-state index contributed by atoms with van der Waals surface area (Å²) in [6.45, 7) is 5.45. The molecule has 1 aromatic heterocycles. The van der Waals surface area contributed by atoms with E-state index in [2.05, 4.69) is 27.1 Å². The second-order valence-electron chi connectivity index (χ2n) is 4.96. The number of hydrogen-bond donors (Lipinski definition) is 2. The number of piperidine rings is 1. The summed E-state index contributed by atoms with van der Waals surface area (Å²) >= 11 is 4.91. The molecule has 5 nitrogen and oxygen atoms in total. The van der Waals surface area contributed by atoms with E-state index in [0.29, 0.717) is 22.7 Å². The first kappa shape index (κ1) is 14.1. The molecule has 1 unspecified atom stereocenters. The van der Waals surface area contributed by atoms with Crippen LogP contribution in [0.25, 0.3) is 0 Å². The van der Waals surface area contributed by atoms with Crippen molar-refractivity contribution in [2.75, 3.05) is 25.0 Å². The van der Waals surface area contributed by atoms with Gasteiger partial charge in [0.15, 0.2) is 0 Å². The monoisotopic (exact) mass is 279 g/mol. The van der Waals surface area contributed by atoms with E-state index < -0.39 is 0 Å². The molecule has 1 saturated heterocycles. The first-order valence-electron chi connectivity index (χ1n) is 6.77. The van der Waals surface area contributed by atoms with E-state index in [1.54, 1.807) is 12.3 Å². The molecule has 0 amide bonds. The minimum absolute atomic E-state index is 0.300. The fourth-order valence-corrected chi connectivity index (χ4v) is 2.42. The first-order valence-corrected chi connectivity index (χ1v) is 7.18.